The molecule has 0 aliphatic heterocycles. The first-order chi connectivity index (χ1) is 10.3. The van der Waals surface area contributed by atoms with Crippen molar-refractivity contribution >= 4 is 23.2 Å². The molecule has 2 rings (SSSR count). The van der Waals surface area contributed by atoms with E-state index in [9.17, 15) is 18.0 Å². The summed E-state index contributed by atoms with van der Waals surface area (Å²) in [5.41, 5.74) is -0.285. The van der Waals surface area contributed by atoms with Crippen molar-refractivity contribution in [1.82, 2.24) is 0 Å². The maximum atomic E-state index is 12.5. The molecule has 0 heterocycles. The standard InChI is InChI=1S/C15H11ClF3NO2/c1-22-13-7-6-11(8-12(13)16)20-14(21)9-2-4-10(5-3-9)15(17,18)19/h2-8H,1H3,(H,20,21). The van der Waals surface area contributed by atoms with Crippen LogP contribution in [0.1, 0.15) is 15.9 Å². The fourth-order valence-corrected chi connectivity index (χ4v) is 2.02. The van der Waals surface area contributed by atoms with Gasteiger partial charge in [0.1, 0.15) is 5.75 Å². The van der Waals surface area contributed by atoms with E-state index in [2.05, 4.69) is 5.32 Å². The Morgan fingerprint density at radius 2 is 1.77 bits per heavy atom. The van der Waals surface area contributed by atoms with Crippen LogP contribution in [0.15, 0.2) is 42.5 Å². The molecule has 0 aliphatic rings. The Morgan fingerprint density at radius 1 is 1.14 bits per heavy atom. The van der Waals surface area contributed by atoms with E-state index in [1.165, 1.54) is 13.2 Å². The fourth-order valence-electron chi connectivity index (χ4n) is 1.76. The lowest BCUT2D eigenvalue weighted by Crippen LogP contribution is -2.12. The Balaban J connectivity index is 2.14. The summed E-state index contributed by atoms with van der Waals surface area (Å²) in [4.78, 5) is 12.0. The molecule has 3 nitrogen and oxygen atoms in total. The van der Waals surface area contributed by atoms with Gasteiger partial charge in [0, 0.05) is 11.3 Å². The monoisotopic (exact) mass is 329 g/mol. The molecular formula is C15H11ClF3NO2. The molecule has 116 valence electrons. The first-order valence-corrected chi connectivity index (χ1v) is 6.51. The molecule has 0 saturated carbocycles. The Morgan fingerprint density at radius 3 is 2.27 bits per heavy atom. The minimum Gasteiger partial charge on any atom is -0.495 e. The molecule has 0 aliphatic carbocycles. The molecule has 0 bridgehead atoms. The Hall–Kier alpha value is -2.21. The molecule has 0 fully saturated rings. The number of hydrogen-bond acceptors (Lipinski definition) is 2. The summed E-state index contributed by atoms with van der Waals surface area (Å²) in [6, 6.07) is 8.58. The van der Waals surface area contributed by atoms with Gasteiger partial charge in [-0.1, -0.05) is 11.6 Å². The van der Waals surface area contributed by atoms with Crippen molar-refractivity contribution in [2.24, 2.45) is 0 Å². The summed E-state index contributed by atoms with van der Waals surface area (Å²) >= 11 is 5.93. The molecule has 1 amide bonds. The first-order valence-electron chi connectivity index (χ1n) is 6.13. The van der Waals surface area contributed by atoms with E-state index in [1.54, 1.807) is 12.1 Å². The van der Waals surface area contributed by atoms with E-state index in [1.807, 2.05) is 0 Å². The van der Waals surface area contributed by atoms with Gasteiger partial charge in [0.2, 0.25) is 0 Å². The highest BCUT2D eigenvalue weighted by molar-refractivity contribution is 6.32. The topological polar surface area (TPSA) is 38.3 Å². The van der Waals surface area contributed by atoms with Gasteiger partial charge in [-0.3, -0.25) is 4.79 Å². The van der Waals surface area contributed by atoms with Crippen molar-refractivity contribution in [1.29, 1.82) is 0 Å². The van der Waals surface area contributed by atoms with Gasteiger partial charge in [-0.25, -0.2) is 0 Å². The van der Waals surface area contributed by atoms with Crippen LogP contribution >= 0.6 is 11.6 Å². The predicted octanol–water partition coefficient (Wildman–Crippen LogP) is 4.62. The number of methoxy groups -OCH3 is 1. The van der Waals surface area contributed by atoms with E-state index in [0.717, 1.165) is 24.3 Å². The van der Waals surface area contributed by atoms with Gasteiger partial charge in [-0.15, -0.1) is 0 Å². The van der Waals surface area contributed by atoms with Crippen LogP contribution in [0.5, 0.6) is 5.75 Å². The Labute approximate surface area is 129 Å². The average Bonchev–Trinajstić information content (AvgIpc) is 2.46. The van der Waals surface area contributed by atoms with E-state index in [0.29, 0.717) is 16.5 Å². The van der Waals surface area contributed by atoms with Gasteiger partial charge >= 0.3 is 6.18 Å². The van der Waals surface area contributed by atoms with Gasteiger partial charge in [0.25, 0.3) is 5.91 Å². The second kappa shape index (κ2) is 6.27. The van der Waals surface area contributed by atoms with Gasteiger partial charge in [-0.05, 0) is 42.5 Å². The maximum absolute atomic E-state index is 12.5. The van der Waals surface area contributed by atoms with Crippen LogP contribution in [0.3, 0.4) is 0 Å². The van der Waals surface area contributed by atoms with E-state index in [4.69, 9.17) is 16.3 Å². The lowest BCUT2D eigenvalue weighted by molar-refractivity contribution is -0.137. The van der Waals surface area contributed by atoms with E-state index >= 15 is 0 Å². The van der Waals surface area contributed by atoms with Crippen LogP contribution in [-0.2, 0) is 6.18 Å². The zero-order chi connectivity index (χ0) is 16.3. The molecule has 1 N–H and O–H groups in total. The van der Waals surface area contributed by atoms with Crippen LogP contribution in [-0.4, -0.2) is 13.0 Å². The number of amides is 1. The van der Waals surface area contributed by atoms with Crippen molar-refractivity contribution in [3.63, 3.8) is 0 Å². The molecular weight excluding hydrogens is 319 g/mol. The summed E-state index contributed by atoms with van der Waals surface area (Å²) in [7, 11) is 1.46. The fraction of sp³-hybridized carbons (Fsp3) is 0.133. The van der Waals surface area contributed by atoms with Crippen molar-refractivity contribution in [2.75, 3.05) is 12.4 Å². The SMILES string of the molecule is COc1ccc(NC(=O)c2ccc(C(F)(F)F)cc2)cc1Cl. The zero-order valence-electron chi connectivity index (χ0n) is 11.4. The summed E-state index contributed by atoms with van der Waals surface area (Å²) in [5.74, 6) is -0.0795. The van der Waals surface area contributed by atoms with Crippen molar-refractivity contribution in [3.8, 4) is 5.75 Å². The lowest BCUT2D eigenvalue weighted by Gasteiger charge is -2.09. The molecule has 0 atom stereocenters. The number of ether oxygens (including phenoxy) is 1. The number of halogens is 4. The average molecular weight is 330 g/mol. The molecule has 0 spiro atoms. The van der Waals surface area contributed by atoms with Gasteiger partial charge in [-0.2, -0.15) is 13.2 Å². The summed E-state index contributed by atoms with van der Waals surface area (Å²) in [6.07, 6.45) is -4.43. The van der Waals surface area contributed by atoms with E-state index in [-0.39, 0.29) is 5.56 Å². The first kappa shape index (κ1) is 16.2. The third kappa shape index (κ3) is 3.71. The molecule has 2 aromatic carbocycles. The van der Waals surface area contributed by atoms with Crippen molar-refractivity contribution in [3.05, 3.63) is 58.6 Å². The van der Waals surface area contributed by atoms with Crippen LogP contribution in [0.2, 0.25) is 5.02 Å². The lowest BCUT2D eigenvalue weighted by atomic mass is 10.1. The van der Waals surface area contributed by atoms with Crippen molar-refractivity contribution < 1.29 is 22.7 Å². The molecule has 2 aromatic rings. The van der Waals surface area contributed by atoms with Gasteiger partial charge in [0.05, 0.1) is 17.7 Å². The summed E-state index contributed by atoms with van der Waals surface area (Å²) in [6.45, 7) is 0. The van der Waals surface area contributed by atoms with Crippen LogP contribution in [0.25, 0.3) is 0 Å². The number of carbonyl (C=O) groups excluding carboxylic acids is 1. The number of nitrogens with one attached hydrogen (secondary N) is 1. The highest BCUT2D eigenvalue weighted by Crippen LogP contribution is 2.30. The Kier molecular flexibility index (Phi) is 4.61. The normalized spacial score (nSPS) is 11.1. The van der Waals surface area contributed by atoms with Crippen LogP contribution in [0, 0.1) is 0 Å². The zero-order valence-corrected chi connectivity index (χ0v) is 12.1. The molecule has 0 saturated heterocycles. The number of anilines is 1. The second-order valence-corrected chi connectivity index (χ2v) is 4.79. The molecule has 0 radical (unpaired) electrons. The number of hydrogen-bond donors (Lipinski definition) is 1. The summed E-state index contributed by atoms with van der Waals surface area (Å²) < 4.78 is 42.4. The van der Waals surface area contributed by atoms with Crippen molar-refractivity contribution in [2.45, 2.75) is 6.18 Å². The highest BCUT2D eigenvalue weighted by atomic mass is 35.5. The van der Waals surface area contributed by atoms with E-state index < -0.39 is 17.6 Å². The van der Waals surface area contributed by atoms with Crippen LogP contribution < -0.4 is 10.1 Å². The third-order valence-corrected chi connectivity index (χ3v) is 3.18. The highest BCUT2D eigenvalue weighted by Gasteiger charge is 2.30. The largest absolute Gasteiger partial charge is 0.495 e. The van der Waals surface area contributed by atoms with Gasteiger partial charge < -0.3 is 10.1 Å². The van der Waals surface area contributed by atoms with Crippen LogP contribution in [0.4, 0.5) is 18.9 Å². The quantitative estimate of drug-likeness (QED) is 0.892. The second-order valence-electron chi connectivity index (χ2n) is 4.38. The minimum atomic E-state index is -4.43. The third-order valence-electron chi connectivity index (χ3n) is 2.88. The Bertz CT molecular complexity index is 684. The smallest absolute Gasteiger partial charge is 0.416 e. The molecule has 0 aromatic heterocycles. The number of carbonyl (C=O) groups is 1. The number of alkyl halides is 3. The number of rotatable bonds is 3. The number of benzene rings is 2. The maximum Gasteiger partial charge on any atom is 0.416 e. The molecule has 22 heavy (non-hydrogen) atoms. The molecule has 0 unspecified atom stereocenters. The summed E-state index contributed by atoms with van der Waals surface area (Å²) in [5, 5.41) is 2.86. The predicted molar refractivity (Wildman–Crippen MR) is 77.4 cm³/mol. The minimum absolute atomic E-state index is 0.111. The van der Waals surface area contributed by atoms with Gasteiger partial charge in [0.15, 0.2) is 0 Å². The molecule has 7 heteroatoms.